The van der Waals surface area contributed by atoms with E-state index in [2.05, 4.69) is 22.5 Å². The van der Waals surface area contributed by atoms with Crippen molar-refractivity contribution in [2.45, 2.75) is 26.0 Å². The van der Waals surface area contributed by atoms with Crippen molar-refractivity contribution in [1.82, 2.24) is 9.55 Å². The number of aliphatic hydroxyl groups is 1. The zero-order valence-electron chi connectivity index (χ0n) is 10.3. The minimum absolute atomic E-state index is 0.313. The Hall–Kier alpha value is -1.00. The number of nitrogens with zero attached hydrogens (tertiary/aromatic N) is 2. The Balaban J connectivity index is 2.33. The summed E-state index contributed by atoms with van der Waals surface area (Å²) in [5.41, 5.74) is 2.17. The molecule has 0 bridgehead atoms. The molecule has 0 amide bonds. The maximum Gasteiger partial charge on any atom is 0.112 e. The van der Waals surface area contributed by atoms with Gasteiger partial charge >= 0.3 is 0 Å². The zero-order valence-corrected chi connectivity index (χ0v) is 11.1. The number of hydrogen-bond acceptors (Lipinski definition) is 3. The second-order valence-corrected chi connectivity index (χ2v) is 4.98. The fraction of sp³-hybridized carbons (Fsp3) is 0.462. The molecule has 3 nitrogen and oxygen atoms in total. The van der Waals surface area contributed by atoms with E-state index in [4.69, 9.17) is 0 Å². The monoisotopic (exact) mass is 250 g/mol. The highest BCUT2D eigenvalue weighted by Gasteiger charge is 2.12. The average Bonchev–Trinajstić information content (AvgIpc) is 2.66. The molecule has 1 unspecified atom stereocenters. The minimum Gasteiger partial charge on any atom is -0.392 e. The summed E-state index contributed by atoms with van der Waals surface area (Å²) in [6.07, 6.45) is 2.32. The van der Waals surface area contributed by atoms with Gasteiger partial charge in [0.15, 0.2) is 0 Å². The SMILES string of the molecule is CCn1c(CC(O)CSC)nc2ccccc21. The Kier molecular flexibility index (Phi) is 4.07. The van der Waals surface area contributed by atoms with Crippen LogP contribution in [0.2, 0.25) is 0 Å². The van der Waals surface area contributed by atoms with Gasteiger partial charge in [-0.3, -0.25) is 0 Å². The molecule has 4 heteroatoms. The van der Waals surface area contributed by atoms with E-state index in [0.717, 1.165) is 29.2 Å². The van der Waals surface area contributed by atoms with Crippen LogP contribution in [-0.4, -0.2) is 32.8 Å². The number of fused-ring (bicyclic) bond motifs is 1. The molecule has 2 rings (SSSR count). The lowest BCUT2D eigenvalue weighted by molar-refractivity contribution is 0.196. The average molecular weight is 250 g/mol. The number of thioether (sulfide) groups is 1. The second kappa shape index (κ2) is 5.56. The maximum atomic E-state index is 9.87. The van der Waals surface area contributed by atoms with Gasteiger partial charge in [-0.15, -0.1) is 0 Å². The number of hydrogen-bond donors (Lipinski definition) is 1. The van der Waals surface area contributed by atoms with Gasteiger partial charge in [0.05, 0.1) is 17.1 Å². The normalized spacial score (nSPS) is 13.1. The highest BCUT2D eigenvalue weighted by molar-refractivity contribution is 7.98. The summed E-state index contributed by atoms with van der Waals surface area (Å²) in [5, 5.41) is 9.87. The number of imidazole rings is 1. The molecule has 1 N–H and O–H groups in total. The van der Waals surface area contributed by atoms with E-state index in [9.17, 15) is 5.11 Å². The standard InChI is InChI=1S/C13H18N2OS/c1-3-15-12-7-5-4-6-11(12)14-13(15)8-10(16)9-17-2/h4-7,10,16H,3,8-9H2,1-2H3. The molecular formula is C13H18N2OS. The van der Waals surface area contributed by atoms with Crippen LogP contribution in [0.1, 0.15) is 12.7 Å². The van der Waals surface area contributed by atoms with Gasteiger partial charge in [-0.25, -0.2) is 4.98 Å². The van der Waals surface area contributed by atoms with E-state index in [1.807, 2.05) is 24.5 Å². The summed E-state index contributed by atoms with van der Waals surface area (Å²) in [6.45, 7) is 3.00. The number of benzene rings is 1. The molecule has 0 radical (unpaired) electrons. The molecule has 17 heavy (non-hydrogen) atoms. The van der Waals surface area contributed by atoms with E-state index >= 15 is 0 Å². The fourth-order valence-electron chi connectivity index (χ4n) is 2.10. The Bertz CT molecular complexity index is 495. The third-order valence-corrected chi connectivity index (χ3v) is 3.55. The maximum absolute atomic E-state index is 9.87. The van der Waals surface area contributed by atoms with Crippen molar-refractivity contribution in [3.8, 4) is 0 Å². The summed E-state index contributed by atoms with van der Waals surface area (Å²) < 4.78 is 2.18. The van der Waals surface area contributed by atoms with Gasteiger partial charge in [0.2, 0.25) is 0 Å². The summed E-state index contributed by atoms with van der Waals surface area (Å²) in [5.74, 6) is 1.74. The van der Waals surface area contributed by atoms with Gasteiger partial charge < -0.3 is 9.67 Å². The fourth-order valence-corrected chi connectivity index (χ4v) is 2.60. The van der Waals surface area contributed by atoms with Crippen molar-refractivity contribution in [3.05, 3.63) is 30.1 Å². The molecule has 0 spiro atoms. The molecule has 1 heterocycles. The first-order chi connectivity index (χ1) is 8.26. The third-order valence-electron chi connectivity index (χ3n) is 2.83. The van der Waals surface area contributed by atoms with Crippen LogP contribution in [0.5, 0.6) is 0 Å². The molecule has 0 aliphatic heterocycles. The minimum atomic E-state index is -0.313. The summed E-state index contributed by atoms with van der Waals surface area (Å²) in [4.78, 5) is 4.60. The van der Waals surface area contributed by atoms with Crippen molar-refractivity contribution < 1.29 is 5.11 Å². The number of rotatable bonds is 5. The quantitative estimate of drug-likeness (QED) is 0.885. The van der Waals surface area contributed by atoms with Gasteiger partial charge in [0.1, 0.15) is 5.82 Å². The smallest absolute Gasteiger partial charge is 0.112 e. The second-order valence-electron chi connectivity index (χ2n) is 4.07. The molecule has 1 aromatic carbocycles. The molecular weight excluding hydrogens is 232 g/mol. The van der Waals surface area contributed by atoms with Crippen molar-refractivity contribution in [1.29, 1.82) is 0 Å². The Labute approximate surface area is 106 Å². The van der Waals surface area contributed by atoms with Gasteiger partial charge in [-0.2, -0.15) is 11.8 Å². The highest BCUT2D eigenvalue weighted by Crippen LogP contribution is 2.17. The lowest BCUT2D eigenvalue weighted by atomic mass is 10.2. The summed E-state index contributed by atoms with van der Waals surface area (Å²) >= 11 is 1.66. The van der Waals surface area contributed by atoms with Crippen LogP contribution in [0.3, 0.4) is 0 Å². The molecule has 2 aromatic rings. The summed E-state index contributed by atoms with van der Waals surface area (Å²) in [6, 6.07) is 8.12. The van der Waals surface area contributed by atoms with Crippen LogP contribution in [0, 0.1) is 0 Å². The number of aromatic nitrogens is 2. The van der Waals surface area contributed by atoms with E-state index in [1.54, 1.807) is 11.8 Å². The molecule has 0 fully saturated rings. The van der Waals surface area contributed by atoms with Gasteiger partial charge in [-0.1, -0.05) is 12.1 Å². The van der Waals surface area contributed by atoms with Crippen LogP contribution in [0.4, 0.5) is 0 Å². The van der Waals surface area contributed by atoms with Crippen molar-refractivity contribution in [2.75, 3.05) is 12.0 Å². The van der Waals surface area contributed by atoms with Gasteiger partial charge in [0.25, 0.3) is 0 Å². The van der Waals surface area contributed by atoms with E-state index in [0.29, 0.717) is 6.42 Å². The number of aryl methyl sites for hydroxylation is 1. The highest BCUT2D eigenvalue weighted by atomic mass is 32.2. The van der Waals surface area contributed by atoms with Crippen LogP contribution in [-0.2, 0) is 13.0 Å². The van der Waals surface area contributed by atoms with Gasteiger partial charge in [-0.05, 0) is 25.3 Å². The molecule has 1 atom stereocenters. The van der Waals surface area contributed by atoms with E-state index < -0.39 is 0 Å². The molecule has 0 saturated carbocycles. The first-order valence-electron chi connectivity index (χ1n) is 5.87. The Morgan fingerprint density at radius 2 is 2.18 bits per heavy atom. The first-order valence-corrected chi connectivity index (χ1v) is 7.26. The zero-order chi connectivity index (χ0) is 12.3. The lowest BCUT2D eigenvalue weighted by Crippen LogP contribution is -2.16. The van der Waals surface area contributed by atoms with E-state index in [-0.39, 0.29) is 6.10 Å². The van der Waals surface area contributed by atoms with Crippen molar-refractivity contribution >= 4 is 22.8 Å². The van der Waals surface area contributed by atoms with E-state index in [1.165, 1.54) is 0 Å². The van der Waals surface area contributed by atoms with Gasteiger partial charge in [0, 0.05) is 18.7 Å². The van der Waals surface area contributed by atoms with Crippen LogP contribution in [0.25, 0.3) is 11.0 Å². The lowest BCUT2D eigenvalue weighted by Gasteiger charge is -2.10. The molecule has 0 aliphatic rings. The van der Waals surface area contributed by atoms with Crippen molar-refractivity contribution in [3.63, 3.8) is 0 Å². The summed E-state index contributed by atoms with van der Waals surface area (Å²) in [7, 11) is 0. The molecule has 1 aromatic heterocycles. The number of aliphatic hydroxyl groups excluding tert-OH is 1. The Morgan fingerprint density at radius 1 is 1.41 bits per heavy atom. The topological polar surface area (TPSA) is 38.0 Å². The third kappa shape index (κ3) is 2.64. The number of para-hydroxylation sites is 2. The van der Waals surface area contributed by atoms with Crippen LogP contribution < -0.4 is 0 Å². The predicted octanol–water partition coefficient (Wildman–Crippen LogP) is 2.32. The largest absolute Gasteiger partial charge is 0.392 e. The first kappa shape index (κ1) is 12.5. The Morgan fingerprint density at radius 3 is 2.88 bits per heavy atom. The van der Waals surface area contributed by atoms with Crippen molar-refractivity contribution in [2.24, 2.45) is 0 Å². The molecule has 92 valence electrons. The predicted molar refractivity (Wildman–Crippen MR) is 73.5 cm³/mol. The van der Waals surface area contributed by atoms with Crippen LogP contribution >= 0.6 is 11.8 Å². The van der Waals surface area contributed by atoms with Crippen LogP contribution in [0.15, 0.2) is 24.3 Å². The molecule has 0 aliphatic carbocycles. The molecule has 0 saturated heterocycles.